The number of hydrogen-bond donors (Lipinski definition) is 0. The smallest absolute Gasteiger partial charge is 0.306 e. The van der Waals surface area contributed by atoms with Crippen LogP contribution < -0.4 is 0 Å². The molecule has 0 aliphatic rings. The van der Waals surface area contributed by atoms with Crippen molar-refractivity contribution >= 4 is 17.9 Å². The van der Waals surface area contributed by atoms with Gasteiger partial charge in [0, 0.05) is 19.3 Å². The monoisotopic (exact) mass is 1130 g/mol. The normalized spacial score (nSPS) is 12.5. The summed E-state index contributed by atoms with van der Waals surface area (Å²) in [7, 11) is 0. The average Bonchev–Trinajstić information content (AvgIpc) is 3.47. The van der Waals surface area contributed by atoms with Crippen molar-refractivity contribution in [3.63, 3.8) is 0 Å². The highest BCUT2D eigenvalue weighted by atomic mass is 16.6. The van der Waals surface area contributed by atoms with Crippen molar-refractivity contribution < 1.29 is 28.6 Å². The van der Waals surface area contributed by atoms with E-state index < -0.39 is 6.10 Å². The lowest BCUT2D eigenvalue weighted by Gasteiger charge is -2.18. The Bertz CT molecular complexity index is 1490. The standard InChI is InChI=1S/C75H134O6/c1-4-7-10-13-16-19-22-25-28-31-33-35-37-38-39-41-42-44-47-50-53-56-59-62-65-68-74(77)80-71-72(70-79-73(76)67-64-61-58-55-52-49-46-30-27-24-21-18-15-12-9-6-3)81-75(78)69-66-63-60-57-54-51-48-45-43-40-36-34-32-29-26-23-20-17-14-11-8-5-2/h7,10,16,19,25,28,33,35,38-39,42,44,72H,4-6,8-9,11-15,17-18,20-24,26-27,29-32,34,36-37,40-41,43,45-71H2,1-3H3/b10-7-,19-16-,28-25-,35-33-,39-38-,44-42-. The number of allylic oxidation sites excluding steroid dienone is 12. The van der Waals surface area contributed by atoms with E-state index in [-0.39, 0.29) is 31.1 Å². The maximum absolute atomic E-state index is 13.0. The fourth-order valence-corrected chi connectivity index (χ4v) is 10.5. The Balaban J connectivity index is 4.35. The minimum absolute atomic E-state index is 0.0748. The van der Waals surface area contributed by atoms with Gasteiger partial charge in [0.05, 0.1) is 0 Å². The van der Waals surface area contributed by atoms with Crippen molar-refractivity contribution in [1.29, 1.82) is 0 Å². The molecule has 0 aromatic heterocycles. The van der Waals surface area contributed by atoms with Gasteiger partial charge in [-0.05, 0) is 70.6 Å². The fourth-order valence-electron chi connectivity index (χ4n) is 10.5. The molecule has 0 fully saturated rings. The lowest BCUT2D eigenvalue weighted by Crippen LogP contribution is -2.30. The number of esters is 3. The first kappa shape index (κ1) is 77.9. The highest BCUT2D eigenvalue weighted by molar-refractivity contribution is 5.71. The van der Waals surface area contributed by atoms with Crippen molar-refractivity contribution in [2.24, 2.45) is 0 Å². The molecule has 470 valence electrons. The lowest BCUT2D eigenvalue weighted by atomic mass is 10.0. The van der Waals surface area contributed by atoms with E-state index in [1.807, 2.05) is 0 Å². The third-order valence-electron chi connectivity index (χ3n) is 15.7. The maximum Gasteiger partial charge on any atom is 0.306 e. The van der Waals surface area contributed by atoms with E-state index in [0.717, 1.165) is 103 Å². The van der Waals surface area contributed by atoms with Gasteiger partial charge in [0.25, 0.3) is 0 Å². The first-order valence-corrected chi connectivity index (χ1v) is 35.4. The van der Waals surface area contributed by atoms with Crippen LogP contribution in [-0.4, -0.2) is 37.2 Å². The molecule has 1 atom stereocenters. The van der Waals surface area contributed by atoms with Gasteiger partial charge >= 0.3 is 17.9 Å². The fraction of sp³-hybridized carbons (Fsp3) is 0.800. The van der Waals surface area contributed by atoms with Crippen LogP contribution in [0.2, 0.25) is 0 Å². The molecule has 0 heterocycles. The van der Waals surface area contributed by atoms with Crippen LogP contribution in [0.4, 0.5) is 0 Å². The van der Waals surface area contributed by atoms with Crippen molar-refractivity contribution in [2.75, 3.05) is 13.2 Å². The Kier molecular flexibility index (Phi) is 66.6. The molecule has 81 heavy (non-hydrogen) atoms. The van der Waals surface area contributed by atoms with Gasteiger partial charge in [-0.1, -0.05) is 351 Å². The summed E-state index contributed by atoms with van der Waals surface area (Å²) in [6.45, 7) is 6.58. The second-order valence-corrected chi connectivity index (χ2v) is 23.8. The molecular weight excluding hydrogens is 997 g/mol. The second-order valence-electron chi connectivity index (χ2n) is 23.8. The average molecular weight is 1130 g/mol. The van der Waals surface area contributed by atoms with E-state index in [9.17, 15) is 14.4 Å². The van der Waals surface area contributed by atoms with Crippen LogP contribution in [-0.2, 0) is 28.6 Å². The highest BCUT2D eigenvalue weighted by Crippen LogP contribution is 2.18. The molecule has 0 aliphatic heterocycles. The van der Waals surface area contributed by atoms with Crippen LogP contribution in [0, 0.1) is 0 Å². The molecule has 0 N–H and O–H groups in total. The Labute approximate surface area is 503 Å². The van der Waals surface area contributed by atoms with Crippen LogP contribution in [0.15, 0.2) is 72.9 Å². The summed E-state index contributed by atoms with van der Waals surface area (Å²) in [6, 6.07) is 0. The number of carbonyl (C=O) groups excluding carboxylic acids is 3. The minimum atomic E-state index is -0.780. The van der Waals surface area contributed by atoms with Gasteiger partial charge in [-0.2, -0.15) is 0 Å². The molecule has 0 saturated heterocycles. The van der Waals surface area contributed by atoms with Gasteiger partial charge in [0.2, 0.25) is 0 Å². The number of hydrogen-bond acceptors (Lipinski definition) is 6. The third-order valence-corrected chi connectivity index (χ3v) is 15.7. The summed E-state index contributed by atoms with van der Waals surface area (Å²) in [5.41, 5.74) is 0. The molecule has 0 radical (unpaired) electrons. The van der Waals surface area contributed by atoms with Crippen LogP contribution in [0.1, 0.15) is 367 Å². The first-order chi connectivity index (χ1) is 40.0. The maximum atomic E-state index is 13.0. The number of rotatable bonds is 65. The van der Waals surface area contributed by atoms with Crippen molar-refractivity contribution in [2.45, 2.75) is 374 Å². The Morgan fingerprint density at radius 3 is 0.753 bits per heavy atom. The number of unbranched alkanes of at least 4 members (excludes halogenated alkanes) is 42. The molecule has 0 saturated carbocycles. The van der Waals surface area contributed by atoms with Crippen LogP contribution in [0.25, 0.3) is 0 Å². The molecule has 0 aromatic rings. The summed E-state index contributed by atoms with van der Waals surface area (Å²) >= 11 is 0. The SMILES string of the molecule is CC/C=C\C/C=C\C/C=C\C/C=C\C/C=C\C/C=C\CCCCCCCCC(=O)OCC(COC(=O)CCCCCCCCCCCCCCCCCC)OC(=O)CCCCCCCCCCCCCCCCCCCCCCCC. The van der Waals surface area contributed by atoms with E-state index in [1.165, 1.54) is 225 Å². The van der Waals surface area contributed by atoms with E-state index in [2.05, 4.69) is 93.7 Å². The molecule has 0 aromatic carbocycles. The zero-order chi connectivity index (χ0) is 58.5. The molecular formula is C75H134O6. The summed E-state index contributed by atoms with van der Waals surface area (Å²) in [4.78, 5) is 38.5. The first-order valence-electron chi connectivity index (χ1n) is 35.4. The highest BCUT2D eigenvalue weighted by Gasteiger charge is 2.19. The van der Waals surface area contributed by atoms with Crippen molar-refractivity contribution in [3.8, 4) is 0 Å². The Hall–Kier alpha value is -3.15. The summed E-state index contributed by atoms with van der Waals surface area (Å²) < 4.78 is 17.0. The topological polar surface area (TPSA) is 78.9 Å². The van der Waals surface area contributed by atoms with Gasteiger partial charge in [-0.25, -0.2) is 0 Å². The zero-order valence-electron chi connectivity index (χ0n) is 54.1. The lowest BCUT2D eigenvalue weighted by molar-refractivity contribution is -0.167. The largest absolute Gasteiger partial charge is 0.462 e. The molecule has 0 rings (SSSR count). The Morgan fingerprint density at radius 2 is 0.481 bits per heavy atom. The van der Waals surface area contributed by atoms with Crippen LogP contribution in [0.3, 0.4) is 0 Å². The third kappa shape index (κ3) is 67.5. The summed E-state index contributed by atoms with van der Waals surface area (Å²) in [5, 5.41) is 0. The zero-order valence-corrected chi connectivity index (χ0v) is 54.1. The molecule has 0 spiro atoms. The van der Waals surface area contributed by atoms with Gasteiger partial charge < -0.3 is 14.2 Å². The van der Waals surface area contributed by atoms with E-state index in [0.29, 0.717) is 19.3 Å². The predicted molar refractivity (Wildman–Crippen MR) is 353 cm³/mol. The van der Waals surface area contributed by atoms with E-state index >= 15 is 0 Å². The van der Waals surface area contributed by atoms with Gasteiger partial charge in [-0.15, -0.1) is 0 Å². The summed E-state index contributed by atoms with van der Waals surface area (Å²) in [6.07, 6.45) is 90.6. The molecule has 0 amide bonds. The van der Waals surface area contributed by atoms with Crippen molar-refractivity contribution in [1.82, 2.24) is 0 Å². The molecule has 1 unspecified atom stereocenters. The summed E-state index contributed by atoms with van der Waals surface area (Å²) in [5.74, 6) is -0.864. The van der Waals surface area contributed by atoms with E-state index in [1.54, 1.807) is 0 Å². The quantitative estimate of drug-likeness (QED) is 0.0261. The van der Waals surface area contributed by atoms with Crippen molar-refractivity contribution in [3.05, 3.63) is 72.9 Å². The van der Waals surface area contributed by atoms with E-state index in [4.69, 9.17) is 14.2 Å². The minimum Gasteiger partial charge on any atom is -0.462 e. The molecule has 0 aliphatic carbocycles. The second kappa shape index (κ2) is 69.3. The molecule has 6 nitrogen and oxygen atoms in total. The Morgan fingerprint density at radius 1 is 0.259 bits per heavy atom. The predicted octanol–water partition coefficient (Wildman–Crippen LogP) is 24.4. The van der Waals surface area contributed by atoms with Crippen LogP contribution in [0.5, 0.6) is 0 Å². The van der Waals surface area contributed by atoms with Gasteiger partial charge in [0.1, 0.15) is 13.2 Å². The van der Waals surface area contributed by atoms with Gasteiger partial charge in [0.15, 0.2) is 6.10 Å². The molecule has 0 bridgehead atoms. The number of carbonyl (C=O) groups is 3. The van der Waals surface area contributed by atoms with Gasteiger partial charge in [-0.3, -0.25) is 14.4 Å². The van der Waals surface area contributed by atoms with Crippen LogP contribution >= 0.6 is 0 Å². The molecule has 6 heteroatoms. The number of ether oxygens (including phenoxy) is 3.